The fraction of sp³-hybridized carbons (Fsp3) is 0.308. The highest BCUT2D eigenvalue weighted by Gasteiger charge is 2.26. The Kier molecular flexibility index (Phi) is 5.18. The van der Waals surface area contributed by atoms with Gasteiger partial charge in [0.25, 0.3) is 5.91 Å². The number of carbonyl (C=O) groups is 2. The normalized spacial score (nSPS) is 17.7. The number of pyridine rings is 1. The van der Waals surface area contributed by atoms with Crippen LogP contribution in [0.5, 0.6) is 0 Å². The Morgan fingerprint density at radius 2 is 2.27 bits per heavy atom. The molecule has 0 aromatic carbocycles. The van der Waals surface area contributed by atoms with Crippen LogP contribution in [-0.2, 0) is 4.79 Å². The lowest BCUT2D eigenvalue weighted by atomic mass is 10.2. The molecule has 0 saturated carbocycles. The summed E-state index contributed by atoms with van der Waals surface area (Å²) in [6, 6.07) is 1.57. The molecule has 1 atom stereocenters. The largest absolute Gasteiger partial charge is 0.465 e. The fourth-order valence-electron chi connectivity index (χ4n) is 2.10. The summed E-state index contributed by atoms with van der Waals surface area (Å²) < 4.78 is 0. The van der Waals surface area contributed by atoms with Gasteiger partial charge in [0.2, 0.25) is 0 Å². The van der Waals surface area contributed by atoms with Crippen molar-refractivity contribution in [3.8, 4) is 0 Å². The zero-order valence-corrected chi connectivity index (χ0v) is 12.2. The molecule has 1 aromatic rings. The van der Waals surface area contributed by atoms with E-state index in [2.05, 4.69) is 10.3 Å². The molecule has 0 radical (unpaired) electrons. The zero-order chi connectivity index (χ0) is 16.1. The molecule has 9 heteroatoms. The molecule has 1 aliphatic heterocycles. The second-order valence-corrected chi connectivity index (χ2v) is 5.17. The lowest BCUT2D eigenvalue weighted by Crippen LogP contribution is -2.30. The Bertz CT molecular complexity index is 608. The Labute approximate surface area is 131 Å². The van der Waals surface area contributed by atoms with E-state index in [-0.39, 0.29) is 6.04 Å². The molecule has 0 bridgehead atoms. The molecule has 8 nitrogen and oxygen atoms in total. The number of likely N-dealkylation sites (tertiary alicyclic amines) is 1. The molecule has 2 rings (SSSR count). The minimum Gasteiger partial charge on any atom is -0.465 e. The van der Waals surface area contributed by atoms with Gasteiger partial charge < -0.3 is 15.3 Å². The molecule has 1 aliphatic rings. The molecule has 1 aromatic heterocycles. The van der Waals surface area contributed by atoms with Crippen LogP contribution < -0.4 is 10.8 Å². The van der Waals surface area contributed by atoms with Crippen molar-refractivity contribution in [1.82, 2.24) is 15.4 Å². The van der Waals surface area contributed by atoms with E-state index >= 15 is 0 Å². The second kappa shape index (κ2) is 7.10. The predicted molar refractivity (Wildman–Crippen MR) is 79.8 cm³/mol. The van der Waals surface area contributed by atoms with Crippen LogP contribution in [0.2, 0.25) is 5.02 Å². The minimum atomic E-state index is -0.939. The molecule has 22 heavy (non-hydrogen) atoms. The van der Waals surface area contributed by atoms with Crippen LogP contribution in [0.1, 0.15) is 12.0 Å². The first-order chi connectivity index (χ1) is 10.5. The van der Waals surface area contributed by atoms with Crippen molar-refractivity contribution < 1.29 is 19.9 Å². The van der Waals surface area contributed by atoms with E-state index in [1.807, 2.05) is 0 Å². The summed E-state index contributed by atoms with van der Waals surface area (Å²) in [6.45, 7) is 0.855. The van der Waals surface area contributed by atoms with Crippen molar-refractivity contribution >= 4 is 35.5 Å². The molecule has 1 fully saturated rings. The SMILES string of the molecule is O=C(/C=C/c1cnc(N[C@@H]2CCN(C(=O)O)C2)c(Cl)c1)NO. The van der Waals surface area contributed by atoms with Gasteiger partial charge in [0, 0.05) is 31.4 Å². The highest BCUT2D eigenvalue weighted by Crippen LogP contribution is 2.23. The topological polar surface area (TPSA) is 115 Å². The van der Waals surface area contributed by atoms with Gasteiger partial charge in [0.1, 0.15) is 5.82 Å². The molecule has 118 valence electrons. The van der Waals surface area contributed by atoms with Crippen molar-refractivity contribution in [1.29, 1.82) is 0 Å². The van der Waals surface area contributed by atoms with Gasteiger partial charge in [-0.2, -0.15) is 0 Å². The van der Waals surface area contributed by atoms with Crippen LogP contribution in [0.25, 0.3) is 6.08 Å². The van der Waals surface area contributed by atoms with Crippen LogP contribution in [0.15, 0.2) is 18.3 Å². The Balaban J connectivity index is 2.00. The van der Waals surface area contributed by atoms with E-state index in [1.54, 1.807) is 6.07 Å². The number of carboxylic acid groups (broad SMARTS) is 1. The van der Waals surface area contributed by atoms with E-state index in [1.165, 1.54) is 22.7 Å². The number of halogens is 1. The van der Waals surface area contributed by atoms with Gasteiger partial charge in [-0.25, -0.2) is 15.3 Å². The summed E-state index contributed by atoms with van der Waals surface area (Å²) in [5, 5.41) is 20.8. The van der Waals surface area contributed by atoms with Gasteiger partial charge in [-0.1, -0.05) is 11.6 Å². The summed E-state index contributed by atoms with van der Waals surface area (Å²) in [7, 11) is 0. The highest BCUT2D eigenvalue weighted by molar-refractivity contribution is 6.33. The van der Waals surface area contributed by atoms with E-state index in [4.69, 9.17) is 21.9 Å². The standard InChI is InChI=1S/C13H15ClN4O4/c14-10-5-8(1-2-11(19)17-22)6-15-12(10)16-9-3-4-18(7-9)13(20)21/h1-2,5-6,9,22H,3-4,7H2,(H,15,16)(H,17,19)(H,20,21)/b2-1+/t9-/m1/s1. The van der Waals surface area contributed by atoms with E-state index in [9.17, 15) is 9.59 Å². The maximum Gasteiger partial charge on any atom is 0.407 e. The van der Waals surface area contributed by atoms with Crippen molar-refractivity contribution in [2.24, 2.45) is 0 Å². The third-order valence-corrected chi connectivity index (χ3v) is 3.49. The lowest BCUT2D eigenvalue weighted by Gasteiger charge is -2.15. The highest BCUT2D eigenvalue weighted by atomic mass is 35.5. The average molecular weight is 327 g/mol. The number of rotatable bonds is 4. The molecule has 4 N–H and O–H groups in total. The Hall–Kier alpha value is -2.32. The van der Waals surface area contributed by atoms with Gasteiger partial charge in [0.05, 0.1) is 5.02 Å². The number of hydrogen-bond donors (Lipinski definition) is 4. The van der Waals surface area contributed by atoms with Gasteiger partial charge in [0.15, 0.2) is 0 Å². The van der Waals surface area contributed by atoms with Crippen LogP contribution in [0, 0.1) is 0 Å². The first kappa shape index (κ1) is 16.1. The first-order valence-electron chi connectivity index (χ1n) is 6.51. The maximum absolute atomic E-state index is 10.9. The molecule has 2 amide bonds. The maximum atomic E-state index is 10.9. The van der Waals surface area contributed by atoms with Crippen molar-refractivity contribution in [2.45, 2.75) is 12.5 Å². The molecule has 2 heterocycles. The smallest absolute Gasteiger partial charge is 0.407 e. The first-order valence-corrected chi connectivity index (χ1v) is 6.89. The van der Waals surface area contributed by atoms with Crippen molar-refractivity contribution in [2.75, 3.05) is 18.4 Å². The van der Waals surface area contributed by atoms with Gasteiger partial charge in [-0.3, -0.25) is 10.0 Å². The third kappa shape index (κ3) is 4.09. The minimum absolute atomic E-state index is 0.0392. The average Bonchev–Trinajstić information content (AvgIpc) is 2.96. The number of aromatic nitrogens is 1. The molecule has 0 aliphatic carbocycles. The predicted octanol–water partition coefficient (Wildman–Crippen LogP) is 1.42. The van der Waals surface area contributed by atoms with Crippen molar-refractivity contribution in [3.05, 3.63) is 28.9 Å². The second-order valence-electron chi connectivity index (χ2n) is 4.77. The zero-order valence-electron chi connectivity index (χ0n) is 11.5. The van der Waals surface area contributed by atoms with Crippen LogP contribution >= 0.6 is 11.6 Å². The number of nitrogens with one attached hydrogen (secondary N) is 2. The number of nitrogens with zero attached hydrogens (tertiary/aromatic N) is 2. The van der Waals surface area contributed by atoms with E-state index in [0.29, 0.717) is 35.9 Å². The van der Waals surface area contributed by atoms with Crippen LogP contribution in [0.3, 0.4) is 0 Å². The molecule has 0 unspecified atom stereocenters. The summed E-state index contributed by atoms with van der Waals surface area (Å²) in [4.78, 5) is 27.2. The fourth-order valence-corrected chi connectivity index (χ4v) is 2.33. The van der Waals surface area contributed by atoms with Crippen LogP contribution in [0.4, 0.5) is 10.6 Å². The van der Waals surface area contributed by atoms with Gasteiger partial charge in [-0.15, -0.1) is 0 Å². The summed E-state index contributed by atoms with van der Waals surface area (Å²) >= 11 is 6.12. The molecular formula is C13H15ClN4O4. The Morgan fingerprint density at radius 1 is 1.50 bits per heavy atom. The van der Waals surface area contributed by atoms with Gasteiger partial charge >= 0.3 is 6.09 Å². The number of anilines is 1. The third-order valence-electron chi connectivity index (χ3n) is 3.20. The monoisotopic (exact) mass is 326 g/mol. The lowest BCUT2D eigenvalue weighted by molar-refractivity contribution is -0.124. The summed E-state index contributed by atoms with van der Waals surface area (Å²) in [6.07, 6.45) is 3.85. The summed E-state index contributed by atoms with van der Waals surface area (Å²) in [5.74, 6) is -0.194. The molecule has 1 saturated heterocycles. The summed E-state index contributed by atoms with van der Waals surface area (Å²) in [5.41, 5.74) is 2.07. The van der Waals surface area contributed by atoms with Gasteiger partial charge in [-0.05, 0) is 24.1 Å². The Morgan fingerprint density at radius 3 is 2.86 bits per heavy atom. The molecular weight excluding hydrogens is 312 g/mol. The quantitative estimate of drug-likeness (QED) is 0.378. The number of hydroxylamine groups is 1. The van der Waals surface area contributed by atoms with Crippen molar-refractivity contribution in [3.63, 3.8) is 0 Å². The van der Waals surface area contributed by atoms with E-state index in [0.717, 1.165) is 6.08 Å². The number of hydrogen-bond acceptors (Lipinski definition) is 5. The molecule has 0 spiro atoms. The van der Waals surface area contributed by atoms with Crippen LogP contribution in [-0.4, -0.2) is 51.3 Å². The van der Waals surface area contributed by atoms with E-state index < -0.39 is 12.0 Å². The number of amides is 2. The number of carbonyl (C=O) groups excluding carboxylic acids is 1.